The number of aliphatic hydroxyl groups is 1. The molecule has 0 radical (unpaired) electrons. The van der Waals surface area contributed by atoms with Gasteiger partial charge in [0.05, 0.1) is 24.2 Å². The fourth-order valence-corrected chi connectivity index (χ4v) is 2.94. The van der Waals surface area contributed by atoms with E-state index >= 15 is 0 Å². The van der Waals surface area contributed by atoms with Crippen molar-refractivity contribution in [1.29, 1.82) is 0 Å². The van der Waals surface area contributed by atoms with Crippen molar-refractivity contribution in [3.63, 3.8) is 0 Å². The summed E-state index contributed by atoms with van der Waals surface area (Å²) in [6.07, 6.45) is 0.00557. The number of carbonyl (C=O) groups is 1. The third kappa shape index (κ3) is 3.10. The molecular formula is C14H16BrClO4. The van der Waals surface area contributed by atoms with Gasteiger partial charge in [-0.15, -0.1) is 0 Å². The molecular weight excluding hydrogens is 348 g/mol. The van der Waals surface area contributed by atoms with Crippen LogP contribution in [0.1, 0.15) is 32.3 Å². The van der Waals surface area contributed by atoms with Crippen molar-refractivity contribution in [2.45, 2.75) is 38.4 Å². The van der Waals surface area contributed by atoms with Crippen LogP contribution in [-0.4, -0.2) is 23.8 Å². The largest absolute Gasteiger partial charge is 0.490 e. The van der Waals surface area contributed by atoms with E-state index in [1.807, 2.05) is 6.92 Å². The maximum atomic E-state index is 11.7. The number of carbonyl (C=O) groups excluding carboxylic acids is 1. The normalized spacial score (nSPS) is 24.8. The summed E-state index contributed by atoms with van der Waals surface area (Å²) >= 11 is 9.40. The Morgan fingerprint density at radius 3 is 3.00 bits per heavy atom. The lowest BCUT2D eigenvalue weighted by atomic mass is 9.83. The first-order valence-corrected chi connectivity index (χ1v) is 7.57. The van der Waals surface area contributed by atoms with E-state index in [1.54, 1.807) is 19.1 Å². The molecule has 0 aliphatic carbocycles. The van der Waals surface area contributed by atoms with Crippen LogP contribution >= 0.6 is 27.5 Å². The second-order valence-electron chi connectivity index (χ2n) is 4.91. The molecule has 1 aromatic carbocycles. The predicted octanol–water partition coefficient (Wildman–Crippen LogP) is 3.41. The molecule has 0 saturated carbocycles. The Balaban J connectivity index is 2.40. The Morgan fingerprint density at radius 1 is 1.65 bits per heavy atom. The molecule has 1 aromatic rings. The molecule has 6 heteroatoms. The summed E-state index contributed by atoms with van der Waals surface area (Å²) in [5.74, 6) is 0.0981. The fraction of sp³-hybridized carbons (Fsp3) is 0.500. The standard InChI is InChI=1S/C14H16BrClO4/c1-3-19-13(17)7-14(18)6-8(2)20-12-5-10(15)11(16)4-9(12)14/h4-5,8,18H,3,6-7H2,1-2H3/t8-,14-/m1/s1. The SMILES string of the molecule is CCOC(=O)C[C@]1(O)C[C@@H](C)Oc2cc(Br)c(Cl)cc21. The molecule has 0 fully saturated rings. The molecule has 0 unspecified atom stereocenters. The summed E-state index contributed by atoms with van der Waals surface area (Å²) in [7, 11) is 0. The summed E-state index contributed by atoms with van der Waals surface area (Å²) < 4.78 is 11.3. The van der Waals surface area contributed by atoms with E-state index in [0.29, 0.717) is 27.2 Å². The second-order valence-corrected chi connectivity index (χ2v) is 6.17. The van der Waals surface area contributed by atoms with Crippen molar-refractivity contribution in [2.75, 3.05) is 6.61 Å². The number of hydrogen-bond acceptors (Lipinski definition) is 4. The lowest BCUT2D eigenvalue weighted by molar-refractivity contribution is -0.151. The average Bonchev–Trinajstić information content (AvgIpc) is 2.31. The third-order valence-corrected chi connectivity index (χ3v) is 4.42. The summed E-state index contributed by atoms with van der Waals surface area (Å²) in [4.78, 5) is 11.7. The van der Waals surface area contributed by atoms with Crippen LogP contribution in [0, 0.1) is 0 Å². The van der Waals surface area contributed by atoms with E-state index in [0.717, 1.165) is 0 Å². The maximum Gasteiger partial charge on any atom is 0.309 e. The van der Waals surface area contributed by atoms with Crippen LogP contribution in [0.3, 0.4) is 0 Å². The van der Waals surface area contributed by atoms with Crippen LogP contribution in [-0.2, 0) is 15.1 Å². The number of halogens is 2. The molecule has 0 spiro atoms. The molecule has 110 valence electrons. The Kier molecular flexibility index (Phi) is 4.62. The number of ether oxygens (including phenoxy) is 2. The van der Waals surface area contributed by atoms with Crippen LogP contribution in [0.2, 0.25) is 5.02 Å². The minimum absolute atomic E-state index is 0.112. The topological polar surface area (TPSA) is 55.8 Å². The monoisotopic (exact) mass is 362 g/mol. The van der Waals surface area contributed by atoms with Gasteiger partial charge in [0.15, 0.2) is 0 Å². The zero-order valence-corrected chi connectivity index (χ0v) is 13.6. The van der Waals surface area contributed by atoms with E-state index < -0.39 is 11.6 Å². The molecule has 2 rings (SSSR count). The van der Waals surface area contributed by atoms with E-state index in [1.165, 1.54) is 0 Å². The van der Waals surface area contributed by atoms with Crippen molar-refractivity contribution >= 4 is 33.5 Å². The molecule has 4 nitrogen and oxygen atoms in total. The van der Waals surface area contributed by atoms with Gasteiger partial charge in [-0.25, -0.2) is 0 Å². The smallest absolute Gasteiger partial charge is 0.309 e. The van der Waals surface area contributed by atoms with Crippen molar-refractivity contribution in [3.05, 3.63) is 27.2 Å². The van der Waals surface area contributed by atoms with Crippen LogP contribution in [0.25, 0.3) is 0 Å². The van der Waals surface area contributed by atoms with Crippen LogP contribution in [0.5, 0.6) is 5.75 Å². The van der Waals surface area contributed by atoms with Gasteiger partial charge in [0.25, 0.3) is 0 Å². The predicted molar refractivity (Wildman–Crippen MR) is 79.0 cm³/mol. The van der Waals surface area contributed by atoms with E-state index in [-0.39, 0.29) is 19.1 Å². The molecule has 0 amide bonds. The molecule has 0 bridgehead atoms. The fourth-order valence-electron chi connectivity index (χ4n) is 2.45. The zero-order valence-electron chi connectivity index (χ0n) is 11.3. The quantitative estimate of drug-likeness (QED) is 0.836. The summed E-state index contributed by atoms with van der Waals surface area (Å²) in [6, 6.07) is 3.34. The lowest BCUT2D eigenvalue weighted by Gasteiger charge is -2.37. The van der Waals surface area contributed by atoms with Gasteiger partial charge in [-0.1, -0.05) is 11.6 Å². The van der Waals surface area contributed by atoms with Gasteiger partial charge in [0.1, 0.15) is 11.4 Å². The van der Waals surface area contributed by atoms with Gasteiger partial charge < -0.3 is 14.6 Å². The van der Waals surface area contributed by atoms with Gasteiger partial charge in [-0.2, -0.15) is 0 Å². The Bertz CT molecular complexity index is 534. The number of rotatable bonds is 3. The van der Waals surface area contributed by atoms with E-state index in [9.17, 15) is 9.90 Å². The number of fused-ring (bicyclic) bond motifs is 1. The van der Waals surface area contributed by atoms with Crippen molar-refractivity contribution < 1.29 is 19.4 Å². The van der Waals surface area contributed by atoms with Gasteiger partial charge >= 0.3 is 5.97 Å². The first-order chi connectivity index (χ1) is 9.35. The molecule has 2 atom stereocenters. The first kappa shape index (κ1) is 15.6. The maximum absolute atomic E-state index is 11.7. The highest BCUT2D eigenvalue weighted by Crippen LogP contribution is 2.44. The highest BCUT2D eigenvalue weighted by molar-refractivity contribution is 9.10. The van der Waals surface area contributed by atoms with Gasteiger partial charge in [0.2, 0.25) is 0 Å². The third-order valence-electron chi connectivity index (χ3n) is 3.22. The minimum Gasteiger partial charge on any atom is -0.490 e. The van der Waals surface area contributed by atoms with Gasteiger partial charge in [0, 0.05) is 16.5 Å². The van der Waals surface area contributed by atoms with Crippen LogP contribution < -0.4 is 4.74 Å². The molecule has 1 aliphatic rings. The number of esters is 1. The minimum atomic E-state index is -1.32. The highest BCUT2D eigenvalue weighted by Gasteiger charge is 2.41. The van der Waals surface area contributed by atoms with Crippen molar-refractivity contribution in [2.24, 2.45) is 0 Å². The Morgan fingerprint density at radius 2 is 2.35 bits per heavy atom. The van der Waals surface area contributed by atoms with E-state index in [2.05, 4.69) is 15.9 Å². The molecule has 1 N–H and O–H groups in total. The molecule has 20 heavy (non-hydrogen) atoms. The Hall–Kier alpha value is -0.780. The second kappa shape index (κ2) is 5.92. The van der Waals surface area contributed by atoms with Gasteiger partial charge in [-0.05, 0) is 41.9 Å². The van der Waals surface area contributed by atoms with E-state index in [4.69, 9.17) is 21.1 Å². The van der Waals surface area contributed by atoms with Gasteiger partial charge in [-0.3, -0.25) is 4.79 Å². The molecule has 1 aliphatic heterocycles. The number of hydrogen-bond donors (Lipinski definition) is 1. The number of benzene rings is 1. The Labute approximate surface area is 131 Å². The molecule has 0 aromatic heterocycles. The highest BCUT2D eigenvalue weighted by atomic mass is 79.9. The lowest BCUT2D eigenvalue weighted by Crippen LogP contribution is -2.39. The van der Waals surface area contributed by atoms with Crippen molar-refractivity contribution in [3.8, 4) is 5.75 Å². The molecule has 1 heterocycles. The summed E-state index contributed by atoms with van der Waals surface area (Å²) in [5.41, 5.74) is -0.791. The average molecular weight is 364 g/mol. The summed E-state index contributed by atoms with van der Waals surface area (Å²) in [6.45, 7) is 3.87. The van der Waals surface area contributed by atoms with Crippen molar-refractivity contribution in [1.82, 2.24) is 0 Å². The van der Waals surface area contributed by atoms with Crippen LogP contribution in [0.4, 0.5) is 0 Å². The zero-order chi connectivity index (χ0) is 14.9. The van der Waals surface area contributed by atoms with Crippen LogP contribution in [0.15, 0.2) is 16.6 Å². The molecule has 0 saturated heterocycles. The first-order valence-electron chi connectivity index (χ1n) is 6.40. The summed E-state index contributed by atoms with van der Waals surface area (Å²) in [5, 5.41) is 11.3.